The molecule has 0 bridgehead atoms. The molecule has 0 radical (unpaired) electrons. The Kier molecular flexibility index (Phi) is 6.61. The van der Waals surface area contributed by atoms with Crippen molar-refractivity contribution in [1.29, 1.82) is 0 Å². The number of anilines is 1. The molecule has 22 heavy (non-hydrogen) atoms. The van der Waals surface area contributed by atoms with Gasteiger partial charge in [-0.15, -0.1) is 11.8 Å². The van der Waals surface area contributed by atoms with E-state index in [1.807, 2.05) is 54.8 Å². The third-order valence-corrected chi connectivity index (χ3v) is 3.97. The number of carbonyl (C=O) groups excluding carboxylic acids is 1. The lowest BCUT2D eigenvalue weighted by Crippen LogP contribution is -2.17. The highest BCUT2D eigenvalue weighted by Gasteiger charge is 2.04. The van der Waals surface area contributed by atoms with Crippen LogP contribution >= 0.6 is 27.7 Å². The maximum atomic E-state index is 11.7. The molecule has 0 fully saturated rings. The van der Waals surface area contributed by atoms with E-state index in [1.54, 1.807) is 11.8 Å². The predicted octanol–water partition coefficient (Wildman–Crippen LogP) is 4.80. The minimum atomic E-state index is -0.488. The Morgan fingerprint density at radius 1 is 1.18 bits per heavy atom. The Labute approximate surface area is 142 Å². The molecule has 116 valence electrons. The maximum absolute atomic E-state index is 11.7. The molecule has 0 unspecified atom stereocenters. The molecule has 0 saturated carbocycles. The number of amides is 1. The van der Waals surface area contributed by atoms with Crippen LogP contribution in [0.3, 0.4) is 0 Å². The minimum Gasteiger partial charge on any atom is -0.490 e. The summed E-state index contributed by atoms with van der Waals surface area (Å²) in [6.07, 6.45) is 1.49. The van der Waals surface area contributed by atoms with Crippen molar-refractivity contribution >= 4 is 39.5 Å². The number of thioether (sulfide) groups is 1. The zero-order chi connectivity index (χ0) is 15.8. The lowest BCUT2D eigenvalue weighted by molar-refractivity contribution is 0.138. The Bertz CT molecular complexity index is 619. The van der Waals surface area contributed by atoms with Crippen LogP contribution in [0.1, 0.15) is 0 Å². The first kappa shape index (κ1) is 16.7. The van der Waals surface area contributed by atoms with Crippen molar-refractivity contribution < 1.29 is 14.3 Å². The monoisotopic (exact) mass is 381 g/mol. The molecule has 0 aromatic heterocycles. The van der Waals surface area contributed by atoms with Gasteiger partial charge in [0.25, 0.3) is 0 Å². The molecule has 0 spiro atoms. The van der Waals surface area contributed by atoms with Gasteiger partial charge in [-0.2, -0.15) is 0 Å². The molecule has 1 amide bonds. The van der Waals surface area contributed by atoms with Crippen molar-refractivity contribution in [3.8, 4) is 5.75 Å². The average molecular weight is 382 g/mol. The summed E-state index contributed by atoms with van der Waals surface area (Å²) in [7, 11) is 0. The van der Waals surface area contributed by atoms with Gasteiger partial charge in [0.2, 0.25) is 0 Å². The predicted molar refractivity (Wildman–Crippen MR) is 92.8 cm³/mol. The fourth-order valence-corrected chi connectivity index (χ4v) is 2.40. The summed E-state index contributed by atoms with van der Waals surface area (Å²) in [5.41, 5.74) is 0.714. The van der Waals surface area contributed by atoms with E-state index < -0.39 is 6.09 Å². The highest BCUT2D eigenvalue weighted by Crippen LogP contribution is 2.19. The molecule has 6 heteroatoms. The van der Waals surface area contributed by atoms with E-state index in [-0.39, 0.29) is 6.61 Å². The van der Waals surface area contributed by atoms with Crippen molar-refractivity contribution in [2.75, 3.05) is 24.8 Å². The van der Waals surface area contributed by atoms with Gasteiger partial charge in [-0.1, -0.05) is 22.0 Å². The smallest absolute Gasteiger partial charge is 0.411 e. The molecule has 0 atom stereocenters. The first-order valence-corrected chi connectivity index (χ1v) is 8.65. The SMILES string of the molecule is CSc1cccc(NC(=O)OCCOc2ccc(Br)cc2)c1. The summed E-state index contributed by atoms with van der Waals surface area (Å²) in [6.45, 7) is 0.490. The largest absolute Gasteiger partial charge is 0.490 e. The lowest BCUT2D eigenvalue weighted by atomic mass is 10.3. The minimum absolute atomic E-state index is 0.185. The topological polar surface area (TPSA) is 47.6 Å². The van der Waals surface area contributed by atoms with Crippen molar-refractivity contribution in [2.24, 2.45) is 0 Å². The molecule has 2 aromatic carbocycles. The van der Waals surface area contributed by atoms with E-state index >= 15 is 0 Å². The first-order valence-electron chi connectivity index (χ1n) is 6.63. The molecular formula is C16H16BrNO3S. The second-order valence-corrected chi connectivity index (χ2v) is 6.09. The normalized spacial score (nSPS) is 10.1. The van der Waals surface area contributed by atoms with Crippen molar-refractivity contribution in [2.45, 2.75) is 4.90 Å². The fraction of sp³-hybridized carbons (Fsp3) is 0.188. The maximum Gasteiger partial charge on any atom is 0.411 e. The highest BCUT2D eigenvalue weighted by molar-refractivity contribution is 9.10. The molecular weight excluding hydrogens is 366 g/mol. The fourth-order valence-electron chi connectivity index (χ4n) is 1.68. The number of rotatable bonds is 6. The van der Waals surface area contributed by atoms with Gasteiger partial charge in [-0.05, 0) is 48.7 Å². The summed E-state index contributed by atoms with van der Waals surface area (Å²) >= 11 is 4.97. The van der Waals surface area contributed by atoms with Crippen LogP contribution in [-0.2, 0) is 4.74 Å². The Hall–Kier alpha value is -1.66. The van der Waals surface area contributed by atoms with Crippen LogP contribution in [-0.4, -0.2) is 25.6 Å². The third-order valence-electron chi connectivity index (χ3n) is 2.71. The summed E-state index contributed by atoms with van der Waals surface area (Å²) in [5.74, 6) is 0.736. The number of halogens is 1. The average Bonchev–Trinajstić information content (AvgIpc) is 2.53. The molecule has 0 aliphatic carbocycles. The number of ether oxygens (including phenoxy) is 2. The van der Waals surface area contributed by atoms with Gasteiger partial charge in [-0.3, -0.25) is 5.32 Å². The summed E-state index contributed by atoms with van der Waals surface area (Å²) in [6, 6.07) is 15.0. The number of benzene rings is 2. The summed E-state index contributed by atoms with van der Waals surface area (Å²) in [5, 5.41) is 2.69. The Morgan fingerprint density at radius 2 is 1.95 bits per heavy atom. The van der Waals surface area contributed by atoms with Crippen LogP contribution in [0.4, 0.5) is 10.5 Å². The molecule has 2 aromatic rings. The lowest BCUT2D eigenvalue weighted by Gasteiger charge is -2.09. The number of hydrogen-bond donors (Lipinski definition) is 1. The number of carbonyl (C=O) groups is 1. The molecule has 0 aliphatic heterocycles. The van der Waals surface area contributed by atoms with Crippen LogP contribution in [0.5, 0.6) is 5.75 Å². The van der Waals surface area contributed by atoms with E-state index in [9.17, 15) is 4.79 Å². The number of hydrogen-bond acceptors (Lipinski definition) is 4. The molecule has 0 heterocycles. The van der Waals surface area contributed by atoms with Crippen molar-refractivity contribution in [1.82, 2.24) is 0 Å². The molecule has 2 rings (SSSR count). The highest BCUT2D eigenvalue weighted by atomic mass is 79.9. The van der Waals surface area contributed by atoms with Gasteiger partial charge in [0.05, 0.1) is 0 Å². The zero-order valence-corrected chi connectivity index (χ0v) is 14.4. The quantitative estimate of drug-likeness (QED) is 0.576. The standard InChI is InChI=1S/C16H16BrNO3S/c1-22-15-4-2-3-13(11-15)18-16(19)21-10-9-20-14-7-5-12(17)6-8-14/h2-8,11H,9-10H2,1H3,(H,18,19). The van der Waals surface area contributed by atoms with Crippen molar-refractivity contribution in [3.63, 3.8) is 0 Å². The van der Waals surface area contributed by atoms with Gasteiger partial charge in [0.1, 0.15) is 19.0 Å². The van der Waals surface area contributed by atoms with Crippen molar-refractivity contribution in [3.05, 3.63) is 53.0 Å². The van der Waals surface area contributed by atoms with Crippen LogP contribution in [0.25, 0.3) is 0 Å². The van der Waals surface area contributed by atoms with Gasteiger partial charge in [0.15, 0.2) is 0 Å². The molecule has 1 N–H and O–H groups in total. The number of nitrogens with one attached hydrogen (secondary N) is 1. The van der Waals surface area contributed by atoms with Gasteiger partial charge in [0, 0.05) is 15.1 Å². The Balaban J connectivity index is 1.70. The van der Waals surface area contributed by atoms with E-state index in [0.29, 0.717) is 12.3 Å². The third kappa shape index (κ3) is 5.61. The van der Waals surface area contributed by atoms with E-state index in [1.165, 1.54) is 0 Å². The second-order valence-electron chi connectivity index (χ2n) is 4.30. The van der Waals surface area contributed by atoms with E-state index in [4.69, 9.17) is 9.47 Å². The zero-order valence-electron chi connectivity index (χ0n) is 12.0. The molecule has 0 aliphatic rings. The summed E-state index contributed by atoms with van der Waals surface area (Å²) < 4.78 is 11.5. The van der Waals surface area contributed by atoms with E-state index in [2.05, 4.69) is 21.2 Å². The van der Waals surface area contributed by atoms with Crippen LogP contribution in [0.2, 0.25) is 0 Å². The van der Waals surface area contributed by atoms with Crippen LogP contribution in [0.15, 0.2) is 57.9 Å². The van der Waals surface area contributed by atoms with Crippen LogP contribution < -0.4 is 10.1 Å². The van der Waals surface area contributed by atoms with Gasteiger partial charge in [-0.25, -0.2) is 4.79 Å². The molecule has 0 saturated heterocycles. The first-order chi connectivity index (χ1) is 10.7. The Morgan fingerprint density at radius 3 is 2.68 bits per heavy atom. The van der Waals surface area contributed by atoms with Gasteiger partial charge >= 0.3 is 6.09 Å². The molecule has 4 nitrogen and oxygen atoms in total. The summed E-state index contributed by atoms with van der Waals surface area (Å²) in [4.78, 5) is 12.7. The van der Waals surface area contributed by atoms with Crippen LogP contribution in [0, 0.1) is 0 Å². The second kappa shape index (κ2) is 8.70. The van der Waals surface area contributed by atoms with Gasteiger partial charge < -0.3 is 9.47 Å². The van der Waals surface area contributed by atoms with E-state index in [0.717, 1.165) is 15.1 Å².